The summed E-state index contributed by atoms with van der Waals surface area (Å²) in [4.78, 5) is 0.642. The van der Waals surface area contributed by atoms with Gasteiger partial charge in [0, 0.05) is 15.1 Å². The lowest BCUT2D eigenvalue weighted by Crippen LogP contribution is -1.99. The Kier molecular flexibility index (Phi) is 4.90. The molecular weight excluding hydrogens is 369 g/mol. The van der Waals surface area contributed by atoms with Gasteiger partial charge in [-0.2, -0.15) is 0 Å². The van der Waals surface area contributed by atoms with Gasteiger partial charge in [0.15, 0.2) is 0 Å². The third-order valence-corrected chi connectivity index (χ3v) is 5.61. The van der Waals surface area contributed by atoms with Crippen LogP contribution in [-0.2, 0) is 16.6 Å². The minimum Gasteiger partial charge on any atom is -0.398 e. The number of hydrogen-bond acceptors (Lipinski definition) is 2. The van der Waals surface area contributed by atoms with Crippen molar-refractivity contribution in [3.8, 4) is 0 Å². The molecule has 2 rings (SSSR count). The summed E-state index contributed by atoms with van der Waals surface area (Å²) >= 11 is 15.2. The van der Waals surface area contributed by atoms with Crippen molar-refractivity contribution < 1.29 is 4.21 Å². The van der Waals surface area contributed by atoms with Crippen LogP contribution in [0.15, 0.2) is 45.8 Å². The molecule has 0 aliphatic carbocycles. The van der Waals surface area contributed by atoms with Crippen LogP contribution in [0.25, 0.3) is 0 Å². The van der Waals surface area contributed by atoms with Crippen LogP contribution in [-0.4, -0.2) is 4.21 Å². The normalized spacial score (nSPS) is 12.4. The van der Waals surface area contributed by atoms with Crippen LogP contribution >= 0.6 is 39.1 Å². The lowest BCUT2D eigenvalue weighted by Gasteiger charge is -2.07. The fourth-order valence-corrected chi connectivity index (χ4v) is 3.67. The van der Waals surface area contributed by atoms with Gasteiger partial charge in [-0.05, 0) is 45.8 Å². The number of anilines is 1. The van der Waals surface area contributed by atoms with Crippen LogP contribution < -0.4 is 5.73 Å². The van der Waals surface area contributed by atoms with E-state index in [4.69, 9.17) is 28.9 Å². The molecule has 1 unspecified atom stereocenters. The smallest absolute Gasteiger partial charge is 0.0604 e. The van der Waals surface area contributed by atoms with Crippen molar-refractivity contribution >= 4 is 55.6 Å². The van der Waals surface area contributed by atoms with Crippen molar-refractivity contribution in [2.75, 3.05) is 5.73 Å². The van der Waals surface area contributed by atoms with Crippen molar-refractivity contribution in [1.29, 1.82) is 0 Å². The Morgan fingerprint density at radius 2 is 1.89 bits per heavy atom. The number of benzene rings is 2. The van der Waals surface area contributed by atoms with Gasteiger partial charge in [-0.1, -0.05) is 35.3 Å². The maximum Gasteiger partial charge on any atom is 0.0604 e. The highest BCUT2D eigenvalue weighted by atomic mass is 79.9. The minimum absolute atomic E-state index is 0.365. The Balaban J connectivity index is 2.26. The highest BCUT2D eigenvalue weighted by molar-refractivity contribution is 9.10. The van der Waals surface area contributed by atoms with Gasteiger partial charge in [0.1, 0.15) is 0 Å². The monoisotopic (exact) mass is 377 g/mol. The van der Waals surface area contributed by atoms with Crippen LogP contribution in [0.2, 0.25) is 10.0 Å². The van der Waals surface area contributed by atoms with Gasteiger partial charge in [0.25, 0.3) is 0 Å². The molecule has 2 N–H and O–H groups in total. The first-order valence-corrected chi connectivity index (χ1v) is 8.22. The molecule has 0 saturated carbocycles. The summed E-state index contributed by atoms with van der Waals surface area (Å²) in [6.45, 7) is 0. The summed E-state index contributed by atoms with van der Waals surface area (Å²) in [5.74, 6) is 0.365. The molecule has 100 valence electrons. The first kappa shape index (κ1) is 14.9. The van der Waals surface area contributed by atoms with E-state index in [9.17, 15) is 4.21 Å². The molecule has 0 amide bonds. The molecular formula is C13H10BrCl2NOS. The molecule has 0 aliphatic heterocycles. The number of nitrogen functional groups attached to an aromatic ring is 1. The van der Waals surface area contributed by atoms with Gasteiger partial charge in [-0.3, -0.25) is 4.21 Å². The SMILES string of the molecule is Nc1cccc(CS(=O)c2ccc(Cl)c(Cl)c2)c1Br. The third kappa shape index (κ3) is 3.51. The zero-order valence-corrected chi connectivity index (χ0v) is 13.6. The second kappa shape index (κ2) is 6.27. The molecule has 2 nitrogen and oxygen atoms in total. The highest BCUT2D eigenvalue weighted by Crippen LogP contribution is 2.28. The zero-order chi connectivity index (χ0) is 14.0. The number of nitrogens with two attached hydrogens (primary N) is 1. The predicted molar refractivity (Wildman–Crippen MR) is 85.1 cm³/mol. The predicted octanol–water partition coefficient (Wildman–Crippen LogP) is 4.65. The van der Waals surface area contributed by atoms with E-state index in [0.29, 0.717) is 26.4 Å². The van der Waals surface area contributed by atoms with Gasteiger partial charge in [0.2, 0.25) is 0 Å². The summed E-state index contributed by atoms with van der Waals surface area (Å²) in [5.41, 5.74) is 7.32. The van der Waals surface area contributed by atoms with E-state index >= 15 is 0 Å². The molecule has 1 atom stereocenters. The van der Waals surface area contributed by atoms with Gasteiger partial charge in [0.05, 0.1) is 26.6 Å². The Hall–Kier alpha value is -0.550. The summed E-state index contributed by atoms with van der Waals surface area (Å²) in [6.07, 6.45) is 0. The van der Waals surface area contributed by atoms with Crippen molar-refractivity contribution in [3.63, 3.8) is 0 Å². The average Bonchev–Trinajstić information content (AvgIpc) is 2.38. The van der Waals surface area contributed by atoms with E-state index in [2.05, 4.69) is 15.9 Å². The molecule has 0 fully saturated rings. The van der Waals surface area contributed by atoms with Gasteiger partial charge < -0.3 is 5.73 Å². The Morgan fingerprint density at radius 3 is 2.58 bits per heavy atom. The molecule has 0 spiro atoms. The minimum atomic E-state index is -1.20. The lowest BCUT2D eigenvalue weighted by atomic mass is 10.2. The molecule has 2 aromatic carbocycles. The van der Waals surface area contributed by atoms with Crippen molar-refractivity contribution in [2.45, 2.75) is 10.6 Å². The number of halogens is 3. The number of hydrogen-bond donors (Lipinski definition) is 1. The summed E-state index contributed by atoms with van der Waals surface area (Å²) in [5, 5.41) is 0.853. The quantitative estimate of drug-likeness (QED) is 0.790. The summed E-state index contributed by atoms with van der Waals surface area (Å²) < 4.78 is 13.1. The van der Waals surface area contributed by atoms with Crippen LogP contribution in [0, 0.1) is 0 Å². The summed E-state index contributed by atoms with van der Waals surface area (Å²) in [7, 11) is -1.20. The van der Waals surface area contributed by atoms with Crippen molar-refractivity contribution in [3.05, 3.63) is 56.5 Å². The lowest BCUT2D eigenvalue weighted by molar-refractivity contribution is 0.682. The van der Waals surface area contributed by atoms with Crippen LogP contribution in [0.5, 0.6) is 0 Å². The van der Waals surface area contributed by atoms with Gasteiger partial charge >= 0.3 is 0 Å². The standard InChI is InChI=1S/C13H10BrCl2NOS/c14-13-8(2-1-3-12(13)17)7-19(18)9-4-5-10(15)11(16)6-9/h1-6H,7,17H2. The zero-order valence-electron chi connectivity index (χ0n) is 9.70. The molecule has 0 heterocycles. The van der Waals surface area contributed by atoms with E-state index in [1.165, 1.54) is 0 Å². The molecule has 2 aromatic rings. The maximum absolute atomic E-state index is 12.3. The van der Waals surface area contributed by atoms with E-state index in [-0.39, 0.29) is 0 Å². The second-order valence-electron chi connectivity index (χ2n) is 3.89. The van der Waals surface area contributed by atoms with Gasteiger partial charge in [-0.25, -0.2) is 0 Å². The van der Waals surface area contributed by atoms with E-state index in [0.717, 1.165) is 10.0 Å². The van der Waals surface area contributed by atoms with Crippen LogP contribution in [0.1, 0.15) is 5.56 Å². The van der Waals surface area contributed by atoms with Gasteiger partial charge in [-0.15, -0.1) is 0 Å². The fourth-order valence-electron chi connectivity index (χ4n) is 1.55. The highest BCUT2D eigenvalue weighted by Gasteiger charge is 2.10. The van der Waals surface area contributed by atoms with Crippen LogP contribution in [0.3, 0.4) is 0 Å². The van der Waals surface area contributed by atoms with Crippen molar-refractivity contribution in [1.82, 2.24) is 0 Å². The summed E-state index contributed by atoms with van der Waals surface area (Å²) in [6, 6.07) is 10.5. The largest absolute Gasteiger partial charge is 0.398 e. The molecule has 0 bridgehead atoms. The molecule has 0 aromatic heterocycles. The Labute approximate surface area is 132 Å². The molecule has 0 saturated heterocycles. The Bertz CT molecular complexity index is 649. The van der Waals surface area contributed by atoms with Crippen LogP contribution in [0.4, 0.5) is 5.69 Å². The third-order valence-electron chi connectivity index (χ3n) is 2.55. The fraction of sp³-hybridized carbons (Fsp3) is 0.0769. The number of rotatable bonds is 3. The molecule has 0 aliphatic rings. The van der Waals surface area contributed by atoms with Crippen molar-refractivity contribution in [2.24, 2.45) is 0 Å². The van der Waals surface area contributed by atoms with E-state index in [1.54, 1.807) is 24.3 Å². The average molecular weight is 379 g/mol. The maximum atomic E-state index is 12.3. The topological polar surface area (TPSA) is 43.1 Å². The second-order valence-corrected chi connectivity index (χ2v) is 6.94. The van der Waals surface area contributed by atoms with E-state index in [1.807, 2.05) is 12.1 Å². The molecule has 0 radical (unpaired) electrons. The first-order chi connectivity index (χ1) is 8.99. The molecule has 19 heavy (non-hydrogen) atoms. The van der Waals surface area contributed by atoms with E-state index < -0.39 is 10.8 Å². The molecule has 6 heteroatoms. The Morgan fingerprint density at radius 1 is 1.16 bits per heavy atom. The first-order valence-electron chi connectivity index (χ1n) is 5.35.